The van der Waals surface area contributed by atoms with Crippen LogP contribution in [0.1, 0.15) is 0 Å². The summed E-state index contributed by atoms with van der Waals surface area (Å²) < 4.78 is 4.88. The first kappa shape index (κ1) is 8.69. The molecule has 0 bridgehead atoms. The Balaban J connectivity index is 2.86. The number of benzene rings is 2. The molecule has 3 heteroatoms. The number of phenols is 2. The lowest BCUT2D eigenvalue weighted by Crippen LogP contribution is -1.85. The van der Waals surface area contributed by atoms with Crippen LogP contribution < -0.4 is 4.74 Å². The number of fused-ring (bicyclic) bond motifs is 1. The first-order valence-electron chi connectivity index (χ1n) is 4.21. The fraction of sp³-hybridized carbons (Fsp3) is 0.0909. The van der Waals surface area contributed by atoms with E-state index < -0.39 is 0 Å². The molecule has 0 radical (unpaired) electrons. The predicted molar refractivity (Wildman–Crippen MR) is 53.8 cm³/mol. The van der Waals surface area contributed by atoms with Crippen molar-refractivity contribution in [3.05, 3.63) is 30.3 Å². The molecule has 3 nitrogen and oxygen atoms in total. The molecule has 0 spiro atoms. The van der Waals surface area contributed by atoms with Crippen LogP contribution in [0, 0.1) is 0 Å². The van der Waals surface area contributed by atoms with E-state index in [1.165, 1.54) is 7.11 Å². The van der Waals surface area contributed by atoms with Crippen LogP contribution in [-0.4, -0.2) is 17.3 Å². The lowest BCUT2D eigenvalue weighted by Gasteiger charge is -2.08. The van der Waals surface area contributed by atoms with E-state index in [0.717, 1.165) is 5.39 Å². The Morgan fingerprint density at radius 1 is 1.14 bits per heavy atom. The largest absolute Gasteiger partial charge is 0.504 e. The molecule has 0 amide bonds. The highest BCUT2D eigenvalue weighted by Gasteiger charge is 2.11. The Morgan fingerprint density at radius 3 is 2.57 bits per heavy atom. The zero-order valence-electron chi connectivity index (χ0n) is 7.69. The van der Waals surface area contributed by atoms with Gasteiger partial charge in [-0.15, -0.1) is 0 Å². The van der Waals surface area contributed by atoms with E-state index in [-0.39, 0.29) is 17.2 Å². The fourth-order valence-electron chi connectivity index (χ4n) is 1.50. The van der Waals surface area contributed by atoms with Gasteiger partial charge in [-0.3, -0.25) is 0 Å². The van der Waals surface area contributed by atoms with Crippen molar-refractivity contribution in [3.63, 3.8) is 0 Å². The number of hydrogen-bond acceptors (Lipinski definition) is 3. The molecule has 0 aliphatic heterocycles. The summed E-state index contributed by atoms with van der Waals surface area (Å²) in [7, 11) is 1.41. The van der Waals surface area contributed by atoms with Crippen molar-refractivity contribution in [1.82, 2.24) is 0 Å². The van der Waals surface area contributed by atoms with E-state index in [0.29, 0.717) is 5.39 Å². The van der Waals surface area contributed by atoms with Gasteiger partial charge in [0, 0.05) is 5.39 Å². The van der Waals surface area contributed by atoms with Crippen molar-refractivity contribution < 1.29 is 14.9 Å². The molecule has 0 aliphatic carbocycles. The number of methoxy groups -OCH3 is 1. The molecule has 72 valence electrons. The molecular weight excluding hydrogens is 180 g/mol. The third-order valence-corrected chi connectivity index (χ3v) is 2.16. The molecule has 2 rings (SSSR count). The van der Waals surface area contributed by atoms with Gasteiger partial charge in [0.15, 0.2) is 11.5 Å². The molecule has 0 saturated carbocycles. The van der Waals surface area contributed by atoms with Crippen LogP contribution >= 0.6 is 0 Å². The van der Waals surface area contributed by atoms with Crippen molar-refractivity contribution in [2.45, 2.75) is 0 Å². The zero-order chi connectivity index (χ0) is 10.1. The van der Waals surface area contributed by atoms with Crippen molar-refractivity contribution in [2.75, 3.05) is 7.11 Å². The van der Waals surface area contributed by atoms with Crippen LogP contribution in [0.3, 0.4) is 0 Å². The standard InChI is InChI=1S/C11H10O3/c1-14-11-9(12)6-7-4-2-3-5-8(7)10(11)13/h2-6,12-13H,1H3. The van der Waals surface area contributed by atoms with Crippen molar-refractivity contribution in [3.8, 4) is 17.2 Å². The molecule has 14 heavy (non-hydrogen) atoms. The van der Waals surface area contributed by atoms with E-state index in [9.17, 15) is 10.2 Å². The molecule has 0 saturated heterocycles. The van der Waals surface area contributed by atoms with Gasteiger partial charge in [0.25, 0.3) is 0 Å². The van der Waals surface area contributed by atoms with Gasteiger partial charge >= 0.3 is 0 Å². The zero-order valence-corrected chi connectivity index (χ0v) is 7.69. The van der Waals surface area contributed by atoms with Gasteiger partial charge in [-0.2, -0.15) is 0 Å². The summed E-state index contributed by atoms with van der Waals surface area (Å²) in [6.45, 7) is 0. The summed E-state index contributed by atoms with van der Waals surface area (Å²) in [5, 5.41) is 20.7. The van der Waals surface area contributed by atoms with Crippen molar-refractivity contribution >= 4 is 10.8 Å². The van der Waals surface area contributed by atoms with Gasteiger partial charge in [0.1, 0.15) is 0 Å². The lowest BCUT2D eigenvalue weighted by molar-refractivity contribution is 0.347. The van der Waals surface area contributed by atoms with Gasteiger partial charge in [-0.05, 0) is 11.5 Å². The molecule has 0 fully saturated rings. The highest BCUT2D eigenvalue weighted by Crippen LogP contribution is 2.41. The molecule has 2 N–H and O–H groups in total. The van der Waals surface area contributed by atoms with Crippen LogP contribution in [0.4, 0.5) is 0 Å². The Hall–Kier alpha value is -1.90. The van der Waals surface area contributed by atoms with Gasteiger partial charge in [0.2, 0.25) is 5.75 Å². The van der Waals surface area contributed by atoms with E-state index in [1.807, 2.05) is 18.2 Å². The Bertz CT molecular complexity index is 477. The third-order valence-electron chi connectivity index (χ3n) is 2.16. The van der Waals surface area contributed by atoms with Gasteiger partial charge < -0.3 is 14.9 Å². The molecular formula is C11H10O3. The fourth-order valence-corrected chi connectivity index (χ4v) is 1.50. The Kier molecular flexibility index (Phi) is 1.93. The SMILES string of the molecule is COc1c(O)cc2ccccc2c1O. The van der Waals surface area contributed by atoms with Crippen LogP contribution in [0.15, 0.2) is 30.3 Å². The summed E-state index contributed by atoms with van der Waals surface area (Å²) in [6.07, 6.45) is 0. The average Bonchev–Trinajstić information content (AvgIpc) is 2.18. The average molecular weight is 190 g/mol. The first-order valence-corrected chi connectivity index (χ1v) is 4.21. The minimum atomic E-state index is -0.0521. The number of rotatable bonds is 1. The Morgan fingerprint density at radius 2 is 1.86 bits per heavy atom. The van der Waals surface area contributed by atoms with E-state index in [2.05, 4.69) is 0 Å². The number of aromatic hydroxyl groups is 2. The molecule has 0 unspecified atom stereocenters. The molecule has 0 atom stereocenters. The van der Waals surface area contributed by atoms with Crippen LogP contribution in [0.5, 0.6) is 17.2 Å². The van der Waals surface area contributed by atoms with E-state index in [1.54, 1.807) is 12.1 Å². The normalized spacial score (nSPS) is 10.4. The minimum Gasteiger partial charge on any atom is -0.504 e. The van der Waals surface area contributed by atoms with Crippen LogP contribution in [-0.2, 0) is 0 Å². The summed E-state index contributed by atoms with van der Waals surface area (Å²) in [5.41, 5.74) is 0. The molecule has 2 aromatic rings. The smallest absolute Gasteiger partial charge is 0.203 e. The van der Waals surface area contributed by atoms with Crippen molar-refractivity contribution in [1.29, 1.82) is 0 Å². The predicted octanol–water partition coefficient (Wildman–Crippen LogP) is 2.26. The molecule has 0 aliphatic rings. The molecule has 0 aromatic heterocycles. The highest BCUT2D eigenvalue weighted by molar-refractivity contribution is 5.92. The summed E-state index contributed by atoms with van der Waals surface area (Å²) >= 11 is 0. The van der Waals surface area contributed by atoms with Crippen LogP contribution in [0.25, 0.3) is 10.8 Å². The van der Waals surface area contributed by atoms with Crippen molar-refractivity contribution in [2.24, 2.45) is 0 Å². The van der Waals surface area contributed by atoms with E-state index >= 15 is 0 Å². The maximum Gasteiger partial charge on any atom is 0.203 e. The number of phenolic OH excluding ortho intramolecular Hbond substituents is 2. The van der Waals surface area contributed by atoms with Gasteiger partial charge in [-0.1, -0.05) is 24.3 Å². The summed E-state index contributed by atoms with van der Waals surface area (Å²) in [5.74, 6) is 0.0375. The summed E-state index contributed by atoms with van der Waals surface area (Å²) in [6, 6.07) is 8.81. The lowest BCUT2D eigenvalue weighted by atomic mass is 10.1. The maximum absolute atomic E-state index is 9.75. The monoisotopic (exact) mass is 190 g/mol. The summed E-state index contributed by atoms with van der Waals surface area (Å²) in [4.78, 5) is 0. The second kappa shape index (κ2) is 3.10. The highest BCUT2D eigenvalue weighted by atomic mass is 16.5. The first-order chi connectivity index (χ1) is 6.74. The van der Waals surface area contributed by atoms with Gasteiger partial charge in [0.05, 0.1) is 7.11 Å². The van der Waals surface area contributed by atoms with Crippen LogP contribution in [0.2, 0.25) is 0 Å². The minimum absolute atomic E-state index is 0.0249. The van der Waals surface area contributed by atoms with E-state index in [4.69, 9.17) is 4.74 Å². The number of hydrogen-bond donors (Lipinski definition) is 2. The van der Waals surface area contributed by atoms with Gasteiger partial charge in [-0.25, -0.2) is 0 Å². The molecule has 2 aromatic carbocycles. The second-order valence-electron chi connectivity index (χ2n) is 3.00. The maximum atomic E-state index is 9.75. The number of ether oxygens (including phenoxy) is 1. The second-order valence-corrected chi connectivity index (χ2v) is 3.00. The molecule has 0 heterocycles. The Labute approximate surface area is 81.2 Å². The quantitative estimate of drug-likeness (QED) is 0.725. The third kappa shape index (κ3) is 1.14. The topological polar surface area (TPSA) is 49.7 Å².